The van der Waals surface area contributed by atoms with Gasteiger partial charge in [0.15, 0.2) is 5.09 Å². The molecule has 3 heterocycles. The number of ether oxygens (including phenoxy) is 2. The molecular weight excluding hydrogens is 268 g/mol. The zero-order valence-electron chi connectivity index (χ0n) is 10.5. The van der Waals surface area contributed by atoms with Crippen LogP contribution in [0.3, 0.4) is 0 Å². The number of aromatic carboxylic acids is 1. The molecular formula is C13H16O5S. The fourth-order valence-corrected chi connectivity index (χ4v) is 3.82. The van der Waals surface area contributed by atoms with E-state index < -0.39 is 5.97 Å². The van der Waals surface area contributed by atoms with Crippen LogP contribution in [0, 0.1) is 0 Å². The minimum atomic E-state index is -1.03. The van der Waals surface area contributed by atoms with E-state index in [1.807, 2.05) is 0 Å². The third-order valence-electron chi connectivity index (χ3n) is 3.59. The molecule has 2 aliphatic rings. The fourth-order valence-electron chi connectivity index (χ4n) is 2.61. The van der Waals surface area contributed by atoms with Crippen LogP contribution in [0.4, 0.5) is 0 Å². The predicted octanol–water partition coefficient (Wildman–Crippen LogP) is 2.41. The third-order valence-corrected chi connectivity index (χ3v) is 4.78. The third kappa shape index (κ3) is 2.80. The molecule has 1 N–H and O–H groups in total. The molecule has 0 amide bonds. The molecule has 2 unspecified atom stereocenters. The van der Waals surface area contributed by atoms with Crippen LogP contribution in [0.15, 0.2) is 21.6 Å². The number of rotatable bonds is 3. The molecule has 6 heteroatoms. The largest absolute Gasteiger partial charge is 0.475 e. The van der Waals surface area contributed by atoms with Gasteiger partial charge in [-0.25, -0.2) is 4.79 Å². The molecule has 2 fully saturated rings. The van der Waals surface area contributed by atoms with E-state index in [-0.39, 0.29) is 11.4 Å². The molecule has 0 bridgehead atoms. The van der Waals surface area contributed by atoms with Crippen molar-refractivity contribution in [1.82, 2.24) is 0 Å². The second kappa shape index (κ2) is 5.19. The Bertz CT molecular complexity index is 463. The lowest BCUT2D eigenvalue weighted by Gasteiger charge is -2.36. The summed E-state index contributed by atoms with van der Waals surface area (Å²) in [5.74, 6) is -1.03. The summed E-state index contributed by atoms with van der Waals surface area (Å²) in [5.41, 5.74) is -0.127. The lowest BCUT2D eigenvalue weighted by atomic mass is 9.93. The smallest absolute Gasteiger partial charge is 0.371 e. The van der Waals surface area contributed by atoms with Crippen LogP contribution < -0.4 is 0 Å². The highest BCUT2D eigenvalue weighted by Gasteiger charge is 2.41. The summed E-state index contributed by atoms with van der Waals surface area (Å²) in [5, 5.41) is 9.89. The summed E-state index contributed by atoms with van der Waals surface area (Å²) in [7, 11) is 0. The molecule has 1 aromatic heterocycles. The molecule has 2 saturated heterocycles. The molecule has 2 atom stereocenters. The maximum atomic E-state index is 10.8. The molecule has 3 rings (SSSR count). The first kappa shape index (κ1) is 13.0. The maximum Gasteiger partial charge on any atom is 0.371 e. The first-order valence-electron chi connectivity index (χ1n) is 6.38. The van der Waals surface area contributed by atoms with Gasteiger partial charge >= 0.3 is 5.97 Å². The average Bonchev–Trinajstić information content (AvgIpc) is 3.00. The Kier molecular flexibility index (Phi) is 3.56. The zero-order chi connectivity index (χ0) is 13.3. The summed E-state index contributed by atoms with van der Waals surface area (Å²) in [6.07, 6.45) is 2.83. The van der Waals surface area contributed by atoms with Gasteiger partial charge in [-0.2, -0.15) is 0 Å². The second-order valence-corrected chi connectivity index (χ2v) is 6.30. The summed E-state index contributed by atoms with van der Waals surface area (Å²) >= 11 is 1.60. The van der Waals surface area contributed by atoms with Crippen molar-refractivity contribution in [2.24, 2.45) is 0 Å². The molecule has 0 aromatic carbocycles. The van der Waals surface area contributed by atoms with Gasteiger partial charge in [-0.3, -0.25) is 0 Å². The Morgan fingerprint density at radius 2 is 2.32 bits per heavy atom. The van der Waals surface area contributed by atoms with Gasteiger partial charge in [-0.05, 0) is 25.0 Å². The zero-order valence-corrected chi connectivity index (χ0v) is 11.3. The number of hydrogen-bond donors (Lipinski definition) is 1. The summed E-state index contributed by atoms with van der Waals surface area (Å²) in [6, 6.07) is 3.22. The van der Waals surface area contributed by atoms with E-state index in [1.54, 1.807) is 17.8 Å². The van der Waals surface area contributed by atoms with E-state index in [0.29, 0.717) is 16.9 Å². The number of hydrogen-bond acceptors (Lipinski definition) is 5. The van der Waals surface area contributed by atoms with Crippen LogP contribution in [0.5, 0.6) is 0 Å². The fraction of sp³-hybridized carbons (Fsp3) is 0.615. The van der Waals surface area contributed by atoms with E-state index in [4.69, 9.17) is 19.0 Å². The normalized spacial score (nSPS) is 30.8. The number of carboxylic acid groups (broad SMARTS) is 1. The van der Waals surface area contributed by atoms with Gasteiger partial charge in [-0.1, -0.05) is 11.8 Å². The van der Waals surface area contributed by atoms with E-state index in [0.717, 1.165) is 32.5 Å². The Hall–Kier alpha value is -0.980. The van der Waals surface area contributed by atoms with E-state index in [1.165, 1.54) is 6.07 Å². The Balaban J connectivity index is 1.64. The number of carboxylic acids is 1. The Morgan fingerprint density at radius 3 is 3.00 bits per heavy atom. The first-order valence-corrected chi connectivity index (χ1v) is 7.26. The van der Waals surface area contributed by atoms with Gasteiger partial charge in [0, 0.05) is 24.9 Å². The molecule has 104 valence electrons. The lowest BCUT2D eigenvalue weighted by molar-refractivity contribution is -0.0770. The van der Waals surface area contributed by atoms with Gasteiger partial charge in [0.2, 0.25) is 5.76 Å². The van der Waals surface area contributed by atoms with Crippen molar-refractivity contribution < 1.29 is 23.8 Å². The van der Waals surface area contributed by atoms with Gasteiger partial charge in [-0.15, -0.1) is 0 Å². The first-order chi connectivity index (χ1) is 9.17. The van der Waals surface area contributed by atoms with Gasteiger partial charge < -0.3 is 19.0 Å². The van der Waals surface area contributed by atoms with Crippen LogP contribution in [0.1, 0.15) is 29.8 Å². The van der Waals surface area contributed by atoms with Crippen LogP contribution in [-0.4, -0.2) is 41.7 Å². The molecule has 0 radical (unpaired) electrons. The highest BCUT2D eigenvalue weighted by Crippen LogP contribution is 2.40. The molecule has 1 aromatic rings. The van der Waals surface area contributed by atoms with Crippen molar-refractivity contribution in [3.8, 4) is 0 Å². The SMILES string of the molecule is O=C(O)c1ccc(SC2CCOC3(CCOC3)C2)o1. The molecule has 5 nitrogen and oxygen atoms in total. The summed E-state index contributed by atoms with van der Waals surface area (Å²) in [6.45, 7) is 2.16. The van der Waals surface area contributed by atoms with E-state index in [9.17, 15) is 4.79 Å². The highest BCUT2D eigenvalue weighted by molar-refractivity contribution is 7.99. The second-order valence-electron chi connectivity index (χ2n) is 4.99. The Labute approximate surface area is 115 Å². The molecule has 2 aliphatic heterocycles. The van der Waals surface area contributed by atoms with Crippen LogP contribution >= 0.6 is 11.8 Å². The van der Waals surface area contributed by atoms with Crippen molar-refractivity contribution in [3.63, 3.8) is 0 Å². The predicted molar refractivity (Wildman–Crippen MR) is 68.7 cm³/mol. The quantitative estimate of drug-likeness (QED) is 0.919. The lowest BCUT2D eigenvalue weighted by Crippen LogP contribution is -2.41. The summed E-state index contributed by atoms with van der Waals surface area (Å²) < 4.78 is 16.6. The van der Waals surface area contributed by atoms with Crippen LogP contribution in [-0.2, 0) is 9.47 Å². The highest BCUT2D eigenvalue weighted by atomic mass is 32.2. The van der Waals surface area contributed by atoms with Gasteiger partial charge in [0.1, 0.15) is 0 Å². The van der Waals surface area contributed by atoms with Gasteiger partial charge in [0.05, 0.1) is 12.2 Å². The van der Waals surface area contributed by atoms with Crippen LogP contribution in [0.2, 0.25) is 0 Å². The molecule has 0 aliphatic carbocycles. The minimum Gasteiger partial charge on any atom is -0.475 e. The standard InChI is InChI=1S/C13H16O5S/c14-12(15)10-1-2-11(18-10)19-9-3-5-17-13(7-9)4-6-16-8-13/h1-2,9H,3-8H2,(H,14,15). The number of thioether (sulfide) groups is 1. The van der Waals surface area contributed by atoms with E-state index in [2.05, 4.69) is 0 Å². The monoisotopic (exact) mass is 284 g/mol. The topological polar surface area (TPSA) is 68.9 Å². The molecule has 0 saturated carbocycles. The van der Waals surface area contributed by atoms with Crippen molar-refractivity contribution >= 4 is 17.7 Å². The van der Waals surface area contributed by atoms with Crippen molar-refractivity contribution in [1.29, 1.82) is 0 Å². The minimum absolute atomic E-state index is 0.00604. The van der Waals surface area contributed by atoms with Crippen molar-refractivity contribution in [2.45, 2.75) is 35.2 Å². The number of carbonyl (C=O) groups is 1. The summed E-state index contributed by atoms with van der Waals surface area (Å²) in [4.78, 5) is 10.8. The Morgan fingerprint density at radius 1 is 1.42 bits per heavy atom. The van der Waals surface area contributed by atoms with Crippen molar-refractivity contribution in [3.05, 3.63) is 17.9 Å². The number of furan rings is 1. The maximum absolute atomic E-state index is 10.8. The molecule has 1 spiro atoms. The van der Waals surface area contributed by atoms with E-state index >= 15 is 0 Å². The average molecular weight is 284 g/mol. The van der Waals surface area contributed by atoms with Crippen molar-refractivity contribution in [2.75, 3.05) is 19.8 Å². The van der Waals surface area contributed by atoms with Gasteiger partial charge in [0.25, 0.3) is 0 Å². The van der Waals surface area contributed by atoms with Crippen LogP contribution in [0.25, 0.3) is 0 Å². The molecule has 19 heavy (non-hydrogen) atoms.